The number of anilines is 1. The summed E-state index contributed by atoms with van der Waals surface area (Å²) in [6, 6.07) is 18.6. The third kappa shape index (κ3) is 5.09. The summed E-state index contributed by atoms with van der Waals surface area (Å²) in [7, 11) is 2.17. The van der Waals surface area contributed by atoms with Crippen LogP contribution in [0.15, 0.2) is 60.8 Å². The number of piperazine rings is 1. The van der Waals surface area contributed by atoms with Crippen LogP contribution in [0.1, 0.15) is 48.3 Å². The molecular formula is C30H36N6O. The molecule has 2 aromatic carbocycles. The second kappa shape index (κ2) is 10.3. The number of amides is 1. The van der Waals surface area contributed by atoms with Crippen molar-refractivity contribution >= 4 is 22.5 Å². The summed E-state index contributed by atoms with van der Waals surface area (Å²) in [4.78, 5) is 23.2. The van der Waals surface area contributed by atoms with Gasteiger partial charge in [-0.1, -0.05) is 24.3 Å². The average molecular weight is 497 g/mol. The van der Waals surface area contributed by atoms with Gasteiger partial charge in [-0.3, -0.25) is 9.48 Å². The number of likely N-dealkylation sites (N-methyl/N-ethyl adjacent to an activating group) is 1. The number of hydrogen-bond donors (Lipinski definition) is 1. The fourth-order valence-corrected chi connectivity index (χ4v) is 5.05. The van der Waals surface area contributed by atoms with E-state index in [0.29, 0.717) is 6.04 Å². The Labute approximate surface area is 219 Å². The number of rotatable bonds is 6. The minimum atomic E-state index is -0.209. The highest BCUT2D eigenvalue weighted by molar-refractivity contribution is 5.97. The smallest absolute Gasteiger partial charge is 0.252 e. The van der Waals surface area contributed by atoms with E-state index in [4.69, 9.17) is 4.98 Å². The van der Waals surface area contributed by atoms with Crippen LogP contribution in [0.4, 0.5) is 5.69 Å². The van der Waals surface area contributed by atoms with Crippen molar-refractivity contribution in [1.82, 2.24) is 25.0 Å². The van der Waals surface area contributed by atoms with Crippen molar-refractivity contribution < 1.29 is 4.79 Å². The zero-order chi connectivity index (χ0) is 26.1. The SMILES string of the molecule is CCn1ccc(-c2cc([C@@H](C)NC(=O)c3cc(N4CCN(C)[C@H](C)C4)ccc3C)c3ccccc3n2)n1. The van der Waals surface area contributed by atoms with Crippen molar-refractivity contribution in [1.29, 1.82) is 0 Å². The van der Waals surface area contributed by atoms with Crippen molar-refractivity contribution in [3.05, 3.63) is 77.5 Å². The second-order valence-electron chi connectivity index (χ2n) is 10.1. The standard InChI is InChI=1S/C30H36N6O/c1-6-36-14-13-28(33-36)29-18-26(24-9-7-8-10-27(24)32-29)22(4)31-30(37)25-17-23(12-11-20(25)2)35-16-15-34(5)21(3)19-35/h7-14,17-18,21-22H,6,15-16,19H2,1-5H3,(H,31,37)/t21-,22-/m1/s1. The topological polar surface area (TPSA) is 66.3 Å². The van der Waals surface area contributed by atoms with Gasteiger partial charge in [0.2, 0.25) is 0 Å². The van der Waals surface area contributed by atoms with E-state index in [0.717, 1.165) is 70.8 Å². The van der Waals surface area contributed by atoms with Crippen LogP contribution in [-0.2, 0) is 6.54 Å². The van der Waals surface area contributed by atoms with Crippen LogP contribution in [-0.4, -0.2) is 58.3 Å². The second-order valence-corrected chi connectivity index (χ2v) is 10.1. The van der Waals surface area contributed by atoms with Crippen LogP contribution in [0.2, 0.25) is 0 Å². The first kappa shape index (κ1) is 25.0. The molecule has 192 valence electrons. The number of carbonyl (C=O) groups is 1. The number of carbonyl (C=O) groups excluding carboxylic acids is 1. The number of aryl methyl sites for hydroxylation is 2. The molecular weight excluding hydrogens is 460 g/mol. The van der Waals surface area contributed by atoms with Gasteiger partial charge in [0.05, 0.1) is 17.3 Å². The predicted octanol–water partition coefficient (Wildman–Crippen LogP) is 5.06. The first-order valence-corrected chi connectivity index (χ1v) is 13.1. The summed E-state index contributed by atoms with van der Waals surface area (Å²) in [5.41, 5.74) is 6.36. The first-order valence-electron chi connectivity index (χ1n) is 13.1. The van der Waals surface area contributed by atoms with Crippen molar-refractivity contribution in [2.24, 2.45) is 0 Å². The minimum Gasteiger partial charge on any atom is -0.369 e. The zero-order valence-electron chi connectivity index (χ0n) is 22.4. The molecule has 1 aliphatic rings. The van der Waals surface area contributed by atoms with Gasteiger partial charge in [-0.15, -0.1) is 0 Å². The molecule has 4 aromatic rings. The van der Waals surface area contributed by atoms with E-state index in [1.54, 1.807) is 0 Å². The van der Waals surface area contributed by atoms with Gasteiger partial charge >= 0.3 is 0 Å². The number of nitrogens with one attached hydrogen (secondary N) is 1. The number of pyridine rings is 1. The zero-order valence-corrected chi connectivity index (χ0v) is 22.4. The maximum atomic E-state index is 13.6. The molecule has 2 aromatic heterocycles. The maximum absolute atomic E-state index is 13.6. The molecule has 1 saturated heterocycles. The summed E-state index contributed by atoms with van der Waals surface area (Å²) < 4.78 is 1.90. The molecule has 5 rings (SSSR count). The third-order valence-corrected chi connectivity index (χ3v) is 7.58. The molecule has 1 amide bonds. The molecule has 7 nitrogen and oxygen atoms in total. The highest BCUT2D eigenvalue weighted by Crippen LogP contribution is 2.29. The van der Waals surface area contributed by atoms with Crippen LogP contribution in [0, 0.1) is 6.92 Å². The van der Waals surface area contributed by atoms with Gasteiger partial charge in [-0.2, -0.15) is 5.10 Å². The molecule has 1 aliphatic heterocycles. The molecule has 2 atom stereocenters. The Balaban J connectivity index is 1.43. The van der Waals surface area contributed by atoms with Gasteiger partial charge in [-0.05, 0) is 76.2 Å². The summed E-state index contributed by atoms with van der Waals surface area (Å²) in [5, 5.41) is 8.95. The molecule has 1 N–H and O–H groups in total. The molecule has 0 radical (unpaired) electrons. The van der Waals surface area contributed by atoms with Gasteiger partial charge in [-0.25, -0.2) is 4.98 Å². The Bertz CT molecular complexity index is 1430. The fraction of sp³-hybridized carbons (Fsp3) is 0.367. The summed E-state index contributed by atoms with van der Waals surface area (Å²) in [6.45, 7) is 12.1. The number of nitrogens with zero attached hydrogens (tertiary/aromatic N) is 5. The van der Waals surface area contributed by atoms with E-state index in [9.17, 15) is 4.79 Å². The highest BCUT2D eigenvalue weighted by Gasteiger charge is 2.23. The molecule has 0 unspecified atom stereocenters. The molecule has 0 saturated carbocycles. The molecule has 0 bridgehead atoms. The molecule has 1 fully saturated rings. The monoisotopic (exact) mass is 496 g/mol. The number of hydrogen-bond acceptors (Lipinski definition) is 5. The van der Waals surface area contributed by atoms with Gasteiger partial charge < -0.3 is 15.1 Å². The lowest BCUT2D eigenvalue weighted by Crippen LogP contribution is -2.50. The van der Waals surface area contributed by atoms with Crippen molar-refractivity contribution in [2.45, 2.75) is 46.3 Å². The number of aromatic nitrogens is 3. The summed E-state index contributed by atoms with van der Waals surface area (Å²) >= 11 is 0. The average Bonchev–Trinajstić information content (AvgIpc) is 3.39. The van der Waals surface area contributed by atoms with Crippen LogP contribution in [0.5, 0.6) is 0 Å². The number of fused-ring (bicyclic) bond motifs is 1. The van der Waals surface area contributed by atoms with E-state index in [-0.39, 0.29) is 11.9 Å². The highest BCUT2D eigenvalue weighted by atomic mass is 16.1. The third-order valence-electron chi connectivity index (χ3n) is 7.58. The van der Waals surface area contributed by atoms with Gasteiger partial charge in [0.1, 0.15) is 5.69 Å². The Morgan fingerprint density at radius 2 is 1.92 bits per heavy atom. The lowest BCUT2D eigenvalue weighted by atomic mass is 10.00. The van der Waals surface area contributed by atoms with Crippen molar-refractivity contribution in [3.63, 3.8) is 0 Å². The lowest BCUT2D eigenvalue weighted by Gasteiger charge is -2.39. The van der Waals surface area contributed by atoms with Gasteiger partial charge in [0.15, 0.2) is 0 Å². The minimum absolute atomic E-state index is 0.0632. The Morgan fingerprint density at radius 1 is 1.11 bits per heavy atom. The van der Waals surface area contributed by atoms with Crippen LogP contribution in [0.25, 0.3) is 22.3 Å². The van der Waals surface area contributed by atoms with E-state index in [1.165, 1.54) is 0 Å². The quantitative estimate of drug-likeness (QED) is 0.404. The van der Waals surface area contributed by atoms with Crippen LogP contribution in [0.3, 0.4) is 0 Å². The molecule has 3 heterocycles. The normalized spacial score (nSPS) is 17.2. The first-order chi connectivity index (χ1) is 17.8. The summed E-state index contributed by atoms with van der Waals surface area (Å²) in [5.74, 6) is -0.0632. The molecule has 7 heteroatoms. The number of para-hydroxylation sites is 1. The van der Waals surface area contributed by atoms with Crippen molar-refractivity contribution in [3.8, 4) is 11.4 Å². The Hall–Kier alpha value is -3.71. The lowest BCUT2D eigenvalue weighted by molar-refractivity contribution is 0.0939. The largest absolute Gasteiger partial charge is 0.369 e. The Morgan fingerprint density at radius 3 is 2.68 bits per heavy atom. The predicted molar refractivity (Wildman–Crippen MR) is 150 cm³/mol. The van der Waals surface area contributed by atoms with Crippen LogP contribution < -0.4 is 10.2 Å². The molecule has 0 aliphatic carbocycles. The van der Waals surface area contributed by atoms with Gasteiger partial charge in [0.25, 0.3) is 5.91 Å². The number of benzene rings is 2. The van der Waals surface area contributed by atoms with Crippen molar-refractivity contribution in [2.75, 3.05) is 31.6 Å². The van der Waals surface area contributed by atoms with E-state index >= 15 is 0 Å². The van der Waals surface area contributed by atoms with E-state index in [2.05, 4.69) is 65.4 Å². The van der Waals surface area contributed by atoms with E-state index < -0.39 is 0 Å². The summed E-state index contributed by atoms with van der Waals surface area (Å²) in [6.07, 6.45) is 1.97. The fourth-order valence-electron chi connectivity index (χ4n) is 5.05. The molecule has 37 heavy (non-hydrogen) atoms. The molecule has 0 spiro atoms. The Kier molecular flexibility index (Phi) is 6.98. The maximum Gasteiger partial charge on any atom is 0.252 e. The van der Waals surface area contributed by atoms with Gasteiger partial charge in [0, 0.05) is 55.1 Å². The van der Waals surface area contributed by atoms with Crippen LogP contribution >= 0.6 is 0 Å². The van der Waals surface area contributed by atoms with E-state index in [1.807, 2.05) is 55.1 Å².